The zero-order valence-electron chi connectivity index (χ0n) is 12.2. The summed E-state index contributed by atoms with van der Waals surface area (Å²) >= 11 is 0. The molecule has 2 N–H and O–H groups in total. The molecule has 0 aliphatic heterocycles. The van der Waals surface area contributed by atoms with E-state index in [1.54, 1.807) is 6.07 Å². The van der Waals surface area contributed by atoms with Crippen molar-refractivity contribution >= 4 is 0 Å². The topological polar surface area (TPSA) is 35.2 Å². The van der Waals surface area contributed by atoms with Crippen molar-refractivity contribution in [3.8, 4) is 0 Å². The molecule has 1 fully saturated rings. The van der Waals surface area contributed by atoms with Crippen molar-refractivity contribution in [3.05, 3.63) is 35.4 Å². The van der Waals surface area contributed by atoms with Gasteiger partial charge in [0.2, 0.25) is 0 Å². The Labute approximate surface area is 123 Å². The van der Waals surface area contributed by atoms with Crippen molar-refractivity contribution in [1.29, 1.82) is 0 Å². The Morgan fingerprint density at radius 1 is 1.38 bits per heavy atom. The van der Waals surface area contributed by atoms with E-state index in [0.29, 0.717) is 18.0 Å². The van der Waals surface area contributed by atoms with E-state index in [9.17, 15) is 13.2 Å². The molecule has 0 heterocycles. The molecule has 0 radical (unpaired) electrons. The molecule has 21 heavy (non-hydrogen) atoms. The lowest BCUT2D eigenvalue weighted by Gasteiger charge is -2.39. The number of ether oxygens (including phenoxy) is 1. The largest absolute Gasteiger partial charge is 0.416 e. The Morgan fingerprint density at radius 3 is 2.76 bits per heavy atom. The van der Waals surface area contributed by atoms with Crippen LogP contribution in [0.25, 0.3) is 0 Å². The van der Waals surface area contributed by atoms with Gasteiger partial charge in [-0.1, -0.05) is 31.9 Å². The second-order valence-electron chi connectivity index (χ2n) is 6.08. The fourth-order valence-electron chi connectivity index (χ4n) is 3.06. The smallest absolute Gasteiger partial charge is 0.369 e. The monoisotopic (exact) mass is 301 g/mol. The number of hydrogen-bond acceptors (Lipinski definition) is 2. The first-order chi connectivity index (χ1) is 9.85. The Bertz CT molecular complexity index is 475. The quantitative estimate of drug-likeness (QED) is 0.907. The van der Waals surface area contributed by atoms with E-state index in [0.717, 1.165) is 37.8 Å². The molecule has 1 saturated carbocycles. The number of halogens is 3. The third-order valence-electron chi connectivity index (χ3n) is 4.22. The molecule has 118 valence electrons. The molecule has 1 aliphatic rings. The molecule has 2 nitrogen and oxygen atoms in total. The van der Waals surface area contributed by atoms with Crippen LogP contribution in [0.15, 0.2) is 24.3 Å². The van der Waals surface area contributed by atoms with E-state index in [2.05, 4.69) is 6.92 Å². The van der Waals surface area contributed by atoms with Gasteiger partial charge in [0, 0.05) is 6.54 Å². The fraction of sp³-hybridized carbons (Fsp3) is 0.625. The second-order valence-corrected chi connectivity index (χ2v) is 6.08. The number of nitrogens with two attached hydrogens (primary N) is 1. The van der Waals surface area contributed by atoms with Crippen molar-refractivity contribution < 1.29 is 17.9 Å². The lowest BCUT2D eigenvalue weighted by atomic mass is 9.79. The van der Waals surface area contributed by atoms with Gasteiger partial charge in [0.05, 0.1) is 17.8 Å². The number of rotatable bonds is 4. The van der Waals surface area contributed by atoms with Crippen LogP contribution in [0, 0.1) is 5.92 Å². The first kappa shape index (κ1) is 16.3. The molecule has 1 aromatic carbocycles. The van der Waals surface area contributed by atoms with Gasteiger partial charge in [0.15, 0.2) is 0 Å². The highest BCUT2D eigenvalue weighted by molar-refractivity contribution is 5.25. The molecule has 2 unspecified atom stereocenters. The van der Waals surface area contributed by atoms with E-state index in [1.807, 2.05) is 0 Å². The second kappa shape index (κ2) is 6.36. The third-order valence-corrected chi connectivity index (χ3v) is 4.22. The molecule has 2 rings (SSSR count). The van der Waals surface area contributed by atoms with Crippen LogP contribution < -0.4 is 5.73 Å². The molecule has 0 saturated heterocycles. The standard InChI is InChI=1S/C16H22F3NO/c1-12-4-3-7-15(9-12,11-20)21-10-13-5-2-6-14(8-13)16(17,18)19/h2,5-6,8,12H,3-4,7,9-11,20H2,1H3. The van der Waals surface area contributed by atoms with E-state index >= 15 is 0 Å². The maximum absolute atomic E-state index is 12.7. The summed E-state index contributed by atoms with van der Waals surface area (Å²) in [5.74, 6) is 0.545. The number of hydrogen-bond donors (Lipinski definition) is 1. The lowest BCUT2D eigenvalue weighted by molar-refractivity contribution is -0.137. The zero-order chi connectivity index (χ0) is 15.5. The van der Waals surface area contributed by atoms with Gasteiger partial charge in [0.1, 0.15) is 0 Å². The van der Waals surface area contributed by atoms with Gasteiger partial charge >= 0.3 is 6.18 Å². The highest BCUT2D eigenvalue weighted by Crippen LogP contribution is 2.35. The molecule has 0 bridgehead atoms. The highest BCUT2D eigenvalue weighted by Gasteiger charge is 2.35. The van der Waals surface area contributed by atoms with Crippen LogP contribution >= 0.6 is 0 Å². The summed E-state index contributed by atoms with van der Waals surface area (Å²) in [6.45, 7) is 2.75. The van der Waals surface area contributed by atoms with Gasteiger partial charge < -0.3 is 10.5 Å². The first-order valence-electron chi connectivity index (χ1n) is 7.35. The third kappa shape index (κ3) is 4.20. The molecule has 2 atom stereocenters. The summed E-state index contributed by atoms with van der Waals surface area (Å²) in [6, 6.07) is 5.30. The van der Waals surface area contributed by atoms with Crippen LogP contribution in [-0.4, -0.2) is 12.1 Å². The van der Waals surface area contributed by atoms with E-state index in [-0.39, 0.29) is 12.2 Å². The molecular formula is C16H22F3NO. The van der Waals surface area contributed by atoms with Gasteiger partial charge in [-0.3, -0.25) is 0 Å². The first-order valence-corrected chi connectivity index (χ1v) is 7.35. The van der Waals surface area contributed by atoms with Crippen molar-refractivity contribution in [1.82, 2.24) is 0 Å². The molecule has 0 amide bonds. The normalized spacial score (nSPS) is 26.8. The Kier molecular flexibility index (Phi) is 4.94. The van der Waals surface area contributed by atoms with Gasteiger partial charge in [-0.05, 0) is 36.5 Å². The van der Waals surface area contributed by atoms with E-state index in [4.69, 9.17) is 10.5 Å². The Balaban J connectivity index is 2.05. The zero-order valence-corrected chi connectivity index (χ0v) is 12.2. The highest BCUT2D eigenvalue weighted by atomic mass is 19.4. The maximum atomic E-state index is 12.7. The average molecular weight is 301 g/mol. The van der Waals surface area contributed by atoms with Gasteiger partial charge in [-0.2, -0.15) is 13.2 Å². The van der Waals surface area contributed by atoms with Gasteiger partial charge in [-0.15, -0.1) is 0 Å². The summed E-state index contributed by atoms with van der Waals surface area (Å²) < 4.78 is 44.0. The molecule has 1 aliphatic carbocycles. The molecule has 5 heteroatoms. The van der Waals surface area contributed by atoms with E-state index in [1.165, 1.54) is 6.07 Å². The minimum absolute atomic E-state index is 0.174. The van der Waals surface area contributed by atoms with Crippen LogP contribution in [-0.2, 0) is 17.5 Å². The molecule has 0 aromatic heterocycles. The SMILES string of the molecule is CC1CCCC(CN)(OCc2cccc(C(F)(F)F)c2)C1. The average Bonchev–Trinajstić information content (AvgIpc) is 2.45. The van der Waals surface area contributed by atoms with E-state index < -0.39 is 11.7 Å². The summed E-state index contributed by atoms with van der Waals surface area (Å²) in [7, 11) is 0. The summed E-state index contributed by atoms with van der Waals surface area (Å²) in [5.41, 5.74) is 5.38. The minimum Gasteiger partial charge on any atom is -0.369 e. The predicted molar refractivity (Wildman–Crippen MR) is 75.7 cm³/mol. The van der Waals surface area contributed by atoms with Crippen LogP contribution in [0.4, 0.5) is 13.2 Å². The molecular weight excluding hydrogens is 279 g/mol. The Hall–Kier alpha value is -1.07. The predicted octanol–water partition coefficient (Wildman–Crippen LogP) is 4.13. The maximum Gasteiger partial charge on any atom is 0.416 e. The van der Waals surface area contributed by atoms with Gasteiger partial charge in [0.25, 0.3) is 0 Å². The lowest BCUT2D eigenvalue weighted by Crippen LogP contribution is -2.44. The Morgan fingerprint density at radius 2 is 2.14 bits per heavy atom. The van der Waals surface area contributed by atoms with Crippen molar-refractivity contribution in [2.45, 2.75) is 51.0 Å². The van der Waals surface area contributed by atoms with Crippen LogP contribution in [0.1, 0.15) is 43.7 Å². The van der Waals surface area contributed by atoms with Crippen LogP contribution in [0.5, 0.6) is 0 Å². The molecule has 1 aromatic rings. The van der Waals surface area contributed by atoms with Crippen molar-refractivity contribution in [2.24, 2.45) is 11.7 Å². The van der Waals surface area contributed by atoms with Crippen molar-refractivity contribution in [2.75, 3.05) is 6.54 Å². The van der Waals surface area contributed by atoms with Gasteiger partial charge in [-0.25, -0.2) is 0 Å². The summed E-state index contributed by atoms with van der Waals surface area (Å²) in [6.07, 6.45) is -0.341. The van der Waals surface area contributed by atoms with Crippen molar-refractivity contribution in [3.63, 3.8) is 0 Å². The summed E-state index contributed by atoms with van der Waals surface area (Å²) in [4.78, 5) is 0. The fourth-order valence-corrected chi connectivity index (χ4v) is 3.06. The summed E-state index contributed by atoms with van der Waals surface area (Å²) in [5, 5.41) is 0. The number of alkyl halides is 3. The van der Waals surface area contributed by atoms with Crippen LogP contribution in [0.3, 0.4) is 0 Å². The molecule has 0 spiro atoms. The minimum atomic E-state index is -4.32. The van der Waals surface area contributed by atoms with Crippen LogP contribution in [0.2, 0.25) is 0 Å². The number of benzene rings is 1.